The average molecular weight is 393 g/mol. The second-order valence-corrected chi connectivity index (χ2v) is 6.60. The van der Waals surface area contributed by atoms with Gasteiger partial charge in [0.25, 0.3) is 0 Å². The third kappa shape index (κ3) is 4.68. The Kier molecular flexibility index (Phi) is 6.43. The number of nitrogens with one attached hydrogen (secondary N) is 1. The first-order chi connectivity index (χ1) is 13.1. The van der Waals surface area contributed by atoms with Crippen molar-refractivity contribution in [3.63, 3.8) is 0 Å². The third-order valence-corrected chi connectivity index (χ3v) is 4.66. The molecule has 28 heavy (non-hydrogen) atoms. The van der Waals surface area contributed by atoms with Crippen molar-refractivity contribution in [2.45, 2.75) is 25.9 Å². The van der Waals surface area contributed by atoms with Crippen LogP contribution in [-0.4, -0.2) is 37.0 Å². The van der Waals surface area contributed by atoms with Crippen molar-refractivity contribution >= 4 is 18.5 Å². The van der Waals surface area contributed by atoms with Crippen LogP contribution in [0.15, 0.2) is 52.8 Å². The van der Waals surface area contributed by atoms with Gasteiger partial charge in [0.05, 0.1) is 5.56 Å². The fraction of sp³-hybridized carbons (Fsp3) is 0.350. The number of halogens is 3. The SMILES string of the molecule is C=N/C(C)=C\C(=C/C)NC(=O)[C@@H]1C(=O)N(C)C[C@H]1c1ccc(C(F)(F)F)cc1. The molecule has 0 bridgehead atoms. The predicted octanol–water partition coefficient (Wildman–Crippen LogP) is 3.50. The number of carbonyl (C=O) groups excluding carboxylic acids is 2. The molecule has 1 aromatic rings. The molecule has 150 valence electrons. The summed E-state index contributed by atoms with van der Waals surface area (Å²) in [6, 6.07) is 4.57. The molecule has 1 aliphatic rings. The number of carbonyl (C=O) groups is 2. The van der Waals surface area contributed by atoms with Crippen LogP contribution in [0.4, 0.5) is 13.2 Å². The van der Waals surface area contributed by atoms with E-state index in [1.165, 1.54) is 17.0 Å². The first-order valence-electron chi connectivity index (χ1n) is 8.62. The van der Waals surface area contributed by atoms with Gasteiger partial charge in [-0.25, -0.2) is 0 Å². The second kappa shape index (κ2) is 8.41. The van der Waals surface area contributed by atoms with Crippen molar-refractivity contribution in [2.75, 3.05) is 13.6 Å². The maximum Gasteiger partial charge on any atom is 0.416 e. The highest BCUT2D eigenvalue weighted by molar-refractivity contribution is 6.03. The Labute approximate surface area is 161 Å². The van der Waals surface area contributed by atoms with Crippen LogP contribution in [-0.2, 0) is 15.8 Å². The normalized spacial score (nSPS) is 21.1. The Morgan fingerprint density at radius 3 is 2.43 bits per heavy atom. The van der Waals surface area contributed by atoms with Crippen LogP contribution in [0.5, 0.6) is 0 Å². The summed E-state index contributed by atoms with van der Waals surface area (Å²) in [6.07, 6.45) is -1.17. The molecule has 0 unspecified atom stereocenters. The molecule has 1 fully saturated rings. The molecule has 0 saturated carbocycles. The van der Waals surface area contributed by atoms with Crippen molar-refractivity contribution in [1.82, 2.24) is 10.2 Å². The maximum absolute atomic E-state index is 12.8. The van der Waals surface area contributed by atoms with E-state index in [1.807, 2.05) is 0 Å². The first-order valence-corrected chi connectivity index (χ1v) is 8.62. The van der Waals surface area contributed by atoms with Gasteiger partial charge >= 0.3 is 6.18 Å². The standard InChI is InChI=1S/C20H22F3N3O2/c1-5-15(10-12(2)24-3)25-18(27)17-16(11-26(4)19(17)28)13-6-8-14(9-7-13)20(21,22)23/h5-10,16-17H,3,11H2,1-2,4H3,(H,25,27)/b12-10-,15-5+/t16-,17+/m0/s1. The van der Waals surface area contributed by atoms with Gasteiger partial charge in [-0.1, -0.05) is 18.2 Å². The summed E-state index contributed by atoms with van der Waals surface area (Å²) >= 11 is 0. The number of hydrogen-bond donors (Lipinski definition) is 1. The molecular weight excluding hydrogens is 371 g/mol. The first kappa shape index (κ1) is 21.4. The lowest BCUT2D eigenvalue weighted by Crippen LogP contribution is -2.36. The molecule has 0 aromatic heterocycles. The molecule has 0 radical (unpaired) electrons. The smallest absolute Gasteiger partial charge is 0.344 e. The molecule has 1 aromatic carbocycles. The highest BCUT2D eigenvalue weighted by Gasteiger charge is 2.44. The topological polar surface area (TPSA) is 61.8 Å². The average Bonchev–Trinajstić information content (AvgIpc) is 2.95. The number of likely N-dealkylation sites (tertiary alicyclic amines) is 1. The number of allylic oxidation sites excluding steroid dienone is 3. The van der Waals surface area contributed by atoms with Crippen LogP contribution in [0, 0.1) is 5.92 Å². The van der Waals surface area contributed by atoms with E-state index in [-0.39, 0.29) is 12.5 Å². The zero-order chi connectivity index (χ0) is 21.1. The van der Waals surface area contributed by atoms with E-state index in [0.29, 0.717) is 17.0 Å². The van der Waals surface area contributed by atoms with Crippen LogP contribution >= 0.6 is 0 Å². The number of rotatable bonds is 5. The lowest BCUT2D eigenvalue weighted by Gasteiger charge is -2.18. The van der Waals surface area contributed by atoms with Gasteiger partial charge in [-0.05, 0) is 44.3 Å². The summed E-state index contributed by atoms with van der Waals surface area (Å²) < 4.78 is 38.4. The molecule has 1 heterocycles. The molecule has 1 aliphatic heterocycles. The molecule has 8 heteroatoms. The minimum absolute atomic E-state index is 0.247. The predicted molar refractivity (Wildman–Crippen MR) is 101 cm³/mol. The van der Waals surface area contributed by atoms with Gasteiger partial charge in [0.1, 0.15) is 5.92 Å². The van der Waals surface area contributed by atoms with E-state index >= 15 is 0 Å². The van der Waals surface area contributed by atoms with Crippen LogP contribution in [0.25, 0.3) is 0 Å². The quantitative estimate of drug-likeness (QED) is 0.473. The molecule has 0 aliphatic carbocycles. The van der Waals surface area contributed by atoms with Crippen LogP contribution in [0.2, 0.25) is 0 Å². The van der Waals surface area contributed by atoms with Crippen LogP contribution in [0.1, 0.15) is 30.9 Å². The van der Waals surface area contributed by atoms with E-state index in [2.05, 4.69) is 17.0 Å². The third-order valence-electron chi connectivity index (χ3n) is 4.66. The number of amides is 2. The molecule has 2 atom stereocenters. The van der Waals surface area contributed by atoms with E-state index in [0.717, 1.165) is 12.1 Å². The lowest BCUT2D eigenvalue weighted by atomic mass is 9.87. The number of nitrogens with zero attached hydrogens (tertiary/aromatic N) is 2. The molecule has 1 saturated heterocycles. The zero-order valence-electron chi connectivity index (χ0n) is 15.9. The summed E-state index contributed by atoms with van der Waals surface area (Å²) in [6.45, 7) is 7.08. The molecule has 2 amide bonds. The van der Waals surface area contributed by atoms with E-state index in [4.69, 9.17) is 0 Å². The molecular formula is C20H22F3N3O2. The zero-order valence-corrected chi connectivity index (χ0v) is 15.9. The minimum Gasteiger partial charge on any atom is -0.344 e. The van der Waals surface area contributed by atoms with Gasteiger partial charge in [0.2, 0.25) is 11.8 Å². The summed E-state index contributed by atoms with van der Waals surface area (Å²) in [5.41, 5.74) is 0.780. The van der Waals surface area contributed by atoms with Gasteiger partial charge in [-0.15, -0.1) is 0 Å². The van der Waals surface area contributed by atoms with Crippen molar-refractivity contribution in [3.05, 3.63) is 58.9 Å². The second-order valence-electron chi connectivity index (χ2n) is 6.60. The van der Waals surface area contributed by atoms with Crippen molar-refractivity contribution in [2.24, 2.45) is 10.9 Å². The largest absolute Gasteiger partial charge is 0.416 e. The Morgan fingerprint density at radius 1 is 1.32 bits per heavy atom. The summed E-state index contributed by atoms with van der Waals surface area (Å²) in [7, 11) is 1.56. The van der Waals surface area contributed by atoms with Crippen molar-refractivity contribution in [3.8, 4) is 0 Å². The molecule has 5 nitrogen and oxygen atoms in total. The fourth-order valence-electron chi connectivity index (χ4n) is 3.09. The van der Waals surface area contributed by atoms with Gasteiger partial charge in [0.15, 0.2) is 0 Å². The summed E-state index contributed by atoms with van der Waals surface area (Å²) in [5, 5.41) is 2.69. The lowest BCUT2D eigenvalue weighted by molar-refractivity contribution is -0.138. The van der Waals surface area contributed by atoms with Crippen LogP contribution in [0.3, 0.4) is 0 Å². The highest BCUT2D eigenvalue weighted by atomic mass is 19.4. The van der Waals surface area contributed by atoms with Crippen LogP contribution < -0.4 is 5.32 Å². The van der Waals surface area contributed by atoms with Crippen molar-refractivity contribution in [1.29, 1.82) is 0 Å². The Balaban J connectivity index is 2.29. The van der Waals surface area contributed by atoms with Gasteiger partial charge in [-0.2, -0.15) is 13.2 Å². The van der Waals surface area contributed by atoms with E-state index < -0.39 is 29.5 Å². The highest BCUT2D eigenvalue weighted by Crippen LogP contribution is 2.35. The maximum atomic E-state index is 12.8. The molecule has 0 spiro atoms. The van der Waals surface area contributed by atoms with Gasteiger partial charge in [0, 0.05) is 30.9 Å². The number of likely N-dealkylation sites (N-methyl/N-ethyl adjacent to an activating group) is 1. The van der Waals surface area contributed by atoms with E-state index in [9.17, 15) is 22.8 Å². The van der Waals surface area contributed by atoms with Gasteiger partial charge < -0.3 is 10.2 Å². The number of benzene rings is 1. The molecule has 2 rings (SSSR count). The Hall–Kier alpha value is -2.90. The minimum atomic E-state index is -4.44. The van der Waals surface area contributed by atoms with E-state index in [1.54, 1.807) is 33.0 Å². The van der Waals surface area contributed by atoms with Crippen molar-refractivity contribution < 1.29 is 22.8 Å². The monoisotopic (exact) mass is 393 g/mol. The Bertz CT molecular complexity index is 826. The number of aliphatic imine (C=N–C) groups is 1. The molecule has 1 N–H and O–H groups in total. The summed E-state index contributed by atoms with van der Waals surface area (Å²) in [4.78, 5) is 30.5. The summed E-state index contributed by atoms with van der Waals surface area (Å²) in [5.74, 6) is -2.46. The fourth-order valence-corrected chi connectivity index (χ4v) is 3.09. The Morgan fingerprint density at radius 2 is 1.93 bits per heavy atom. The number of hydrogen-bond acceptors (Lipinski definition) is 3. The number of alkyl halides is 3. The van der Waals surface area contributed by atoms with Gasteiger partial charge in [-0.3, -0.25) is 14.6 Å².